The van der Waals surface area contributed by atoms with Gasteiger partial charge in [0, 0.05) is 50.0 Å². The van der Waals surface area contributed by atoms with E-state index in [1.54, 1.807) is 6.92 Å². The van der Waals surface area contributed by atoms with Crippen molar-refractivity contribution in [1.82, 2.24) is 14.7 Å². The Hall–Kier alpha value is -2.34. The normalized spacial score (nSPS) is 21.9. The van der Waals surface area contributed by atoms with E-state index in [0.717, 1.165) is 57.8 Å². The first-order chi connectivity index (χ1) is 13.2. The van der Waals surface area contributed by atoms with Crippen LogP contribution in [0.3, 0.4) is 0 Å². The zero-order chi connectivity index (χ0) is 18.4. The van der Waals surface area contributed by atoms with E-state index in [2.05, 4.69) is 33.8 Å². The van der Waals surface area contributed by atoms with Crippen molar-refractivity contribution >= 4 is 17.4 Å². The highest BCUT2D eigenvalue weighted by molar-refractivity contribution is 5.75. The number of aromatic nitrogens is 2. The van der Waals surface area contributed by atoms with Crippen molar-refractivity contribution in [2.24, 2.45) is 0 Å². The number of rotatable bonds is 2. The lowest BCUT2D eigenvalue weighted by Gasteiger charge is -2.32. The fraction of sp³-hybridized carbons (Fsp3) is 0.524. The molecule has 1 amide bonds. The summed E-state index contributed by atoms with van der Waals surface area (Å²) in [6.45, 7) is 5.61. The maximum Gasteiger partial charge on any atom is 0.219 e. The largest absolute Gasteiger partial charge is 0.379 e. The van der Waals surface area contributed by atoms with E-state index in [0.29, 0.717) is 12.6 Å². The molecule has 0 aliphatic carbocycles. The minimum Gasteiger partial charge on any atom is -0.379 e. The molecule has 0 saturated carbocycles. The second-order valence-corrected chi connectivity index (χ2v) is 7.79. The number of carbonyl (C=O) groups is 1. The Labute approximate surface area is 159 Å². The Kier molecular flexibility index (Phi) is 4.16. The van der Waals surface area contributed by atoms with Crippen molar-refractivity contribution in [3.8, 4) is 0 Å². The minimum absolute atomic E-state index is 0.141. The molecule has 6 heteroatoms. The zero-order valence-corrected chi connectivity index (χ0v) is 15.9. The van der Waals surface area contributed by atoms with E-state index in [9.17, 15) is 4.79 Å². The number of nitrogens with zero attached hydrogens (tertiary/aromatic N) is 4. The van der Waals surface area contributed by atoms with Gasteiger partial charge in [-0.1, -0.05) is 18.2 Å². The second kappa shape index (κ2) is 6.68. The van der Waals surface area contributed by atoms with Gasteiger partial charge in [0.15, 0.2) is 5.82 Å². The molecule has 5 rings (SSSR count). The van der Waals surface area contributed by atoms with Crippen molar-refractivity contribution in [2.45, 2.75) is 45.2 Å². The van der Waals surface area contributed by atoms with Crippen LogP contribution in [0.4, 0.5) is 11.5 Å². The molecule has 1 saturated heterocycles. The summed E-state index contributed by atoms with van der Waals surface area (Å²) in [6, 6.07) is 8.95. The van der Waals surface area contributed by atoms with Crippen LogP contribution in [0.1, 0.15) is 42.6 Å². The third kappa shape index (κ3) is 2.83. The van der Waals surface area contributed by atoms with E-state index in [4.69, 9.17) is 9.84 Å². The first-order valence-corrected chi connectivity index (χ1v) is 10.0. The Balaban J connectivity index is 1.61. The summed E-state index contributed by atoms with van der Waals surface area (Å²) < 4.78 is 7.85. The van der Waals surface area contributed by atoms with Crippen LogP contribution in [0.5, 0.6) is 0 Å². The van der Waals surface area contributed by atoms with Crippen LogP contribution in [0, 0.1) is 0 Å². The zero-order valence-electron chi connectivity index (χ0n) is 15.9. The fourth-order valence-corrected chi connectivity index (χ4v) is 4.68. The van der Waals surface area contributed by atoms with E-state index in [1.807, 2.05) is 4.90 Å². The Morgan fingerprint density at radius 1 is 1.22 bits per heavy atom. The summed E-state index contributed by atoms with van der Waals surface area (Å²) in [4.78, 5) is 16.3. The van der Waals surface area contributed by atoms with Crippen molar-refractivity contribution in [1.29, 1.82) is 0 Å². The third-order valence-electron chi connectivity index (χ3n) is 6.13. The van der Waals surface area contributed by atoms with Crippen LogP contribution in [0.15, 0.2) is 24.3 Å². The van der Waals surface area contributed by atoms with Crippen molar-refractivity contribution < 1.29 is 9.53 Å². The Bertz CT molecular complexity index is 869. The molecule has 142 valence electrons. The number of para-hydroxylation sites is 1. The molecule has 0 unspecified atom stereocenters. The maximum atomic E-state index is 12.0. The number of amides is 1. The number of benzene rings is 1. The molecular weight excluding hydrogens is 340 g/mol. The lowest BCUT2D eigenvalue weighted by molar-refractivity contribution is -0.129. The van der Waals surface area contributed by atoms with Gasteiger partial charge in [-0.3, -0.25) is 9.48 Å². The first-order valence-electron chi connectivity index (χ1n) is 10.0. The van der Waals surface area contributed by atoms with Gasteiger partial charge in [-0.2, -0.15) is 5.10 Å². The van der Waals surface area contributed by atoms with Crippen LogP contribution >= 0.6 is 0 Å². The first kappa shape index (κ1) is 16.8. The molecule has 27 heavy (non-hydrogen) atoms. The van der Waals surface area contributed by atoms with Crippen LogP contribution in [-0.4, -0.2) is 46.9 Å². The number of ether oxygens (including phenoxy) is 1. The monoisotopic (exact) mass is 366 g/mol. The number of hydrogen-bond acceptors (Lipinski definition) is 4. The maximum absolute atomic E-state index is 12.0. The van der Waals surface area contributed by atoms with Gasteiger partial charge >= 0.3 is 0 Å². The molecular formula is C21H26N4O2. The molecule has 0 radical (unpaired) electrons. The van der Waals surface area contributed by atoms with Crippen molar-refractivity contribution in [2.75, 3.05) is 31.2 Å². The summed E-state index contributed by atoms with van der Waals surface area (Å²) in [5.74, 6) is 1.18. The topological polar surface area (TPSA) is 50.6 Å². The van der Waals surface area contributed by atoms with E-state index < -0.39 is 0 Å². The smallest absolute Gasteiger partial charge is 0.219 e. The average Bonchev–Trinajstić information content (AvgIpc) is 3.35. The molecule has 1 aromatic carbocycles. The average molecular weight is 366 g/mol. The summed E-state index contributed by atoms with van der Waals surface area (Å²) >= 11 is 0. The van der Waals surface area contributed by atoms with Gasteiger partial charge in [-0.15, -0.1) is 0 Å². The van der Waals surface area contributed by atoms with Crippen molar-refractivity contribution in [3.63, 3.8) is 0 Å². The summed E-state index contributed by atoms with van der Waals surface area (Å²) in [5.41, 5.74) is 5.16. The molecule has 6 nitrogen and oxygen atoms in total. The van der Waals surface area contributed by atoms with Gasteiger partial charge in [0.05, 0.1) is 19.2 Å². The van der Waals surface area contributed by atoms with Crippen LogP contribution in [-0.2, 0) is 28.9 Å². The number of aryl methyl sites for hydroxylation is 1. The number of fused-ring (bicyclic) bond motifs is 2. The Morgan fingerprint density at radius 3 is 2.93 bits per heavy atom. The summed E-state index contributed by atoms with van der Waals surface area (Å²) in [6.07, 6.45) is 4.13. The lowest BCUT2D eigenvalue weighted by Crippen LogP contribution is -2.35. The lowest BCUT2D eigenvalue weighted by atomic mass is 10.00. The molecule has 0 N–H and O–H groups in total. The van der Waals surface area contributed by atoms with Gasteiger partial charge in [-0.25, -0.2) is 0 Å². The quantitative estimate of drug-likeness (QED) is 0.820. The predicted molar refractivity (Wildman–Crippen MR) is 103 cm³/mol. The fourth-order valence-electron chi connectivity index (χ4n) is 4.68. The van der Waals surface area contributed by atoms with Crippen LogP contribution < -0.4 is 4.90 Å². The van der Waals surface area contributed by atoms with E-state index in [-0.39, 0.29) is 5.91 Å². The number of carbonyl (C=O) groups excluding carboxylic acids is 1. The van der Waals surface area contributed by atoms with E-state index >= 15 is 0 Å². The van der Waals surface area contributed by atoms with Crippen LogP contribution in [0.25, 0.3) is 0 Å². The van der Waals surface area contributed by atoms with Gasteiger partial charge < -0.3 is 14.5 Å². The highest BCUT2D eigenvalue weighted by atomic mass is 16.5. The minimum atomic E-state index is 0.141. The predicted octanol–water partition coefficient (Wildman–Crippen LogP) is 2.83. The molecule has 2 aromatic rings. The Morgan fingerprint density at radius 2 is 2.11 bits per heavy atom. The molecule has 1 aromatic heterocycles. The molecule has 0 spiro atoms. The SMILES string of the molecule is CC(=O)N1CCc2c(c(N3CCCc4ccccc43)nn2[C@H]2CCOC2)C1. The molecule has 3 aliphatic rings. The highest BCUT2D eigenvalue weighted by Crippen LogP contribution is 2.39. The van der Waals surface area contributed by atoms with Crippen LogP contribution in [0.2, 0.25) is 0 Å². The van der Waals surface area contributed by atoms with Gasteiger partial charge in [0.2, 0.25) is 5.91 Å². The molecule has 3 aliphatic heterocycles. The van der Waals surface area contributed by atoms with Gasteiger partial charge in [-0.05, 0) is 30.9 Å². The molecule has 4 heterocycles. The highest BCUT2D eigenvalue weighted by Gasteiger charge is 2.33. The van der Waals surface area contributed by atoms with Crippen molar-refractivity contribution in [3.05, 3.63) is 41.1 Å². The standard InChI is InChI=1S/C21H26N4O2/c1-15(26)23-11-8-20-18(13-23)21(22-25(20)17-9-12-27-14-17)24-10-4-6-16-5-2-3-7-19(16)24/h2-3,5,7,17H,4,6,8-14H2,1H3/t17-/m0/s1. The van der Waals surface area contributed by atoms with Gasteiger partial charge in [0.1, 0.15) is 0 Å². The summed E-state index contributed by atoms with van der Waals surface area (Å²) in [7, 11) is 0. The number of hydrogen-bond donors (Lipinski definition) is 0. The third-order valence-corrected chi connectivity index (χ3v) is 6.13. The molecule has 0 bridgehead atoms. The van der Waals surface area contributed by atoms with Gasteiger partial charge in [0.25, 0.3) is 0 Å². The summed E-state index contributed by atoms with van der Waals surface area (Å²) in [5, 5.41) is 5.11. The molecule has 1 fully saturated rings. The second-order valence-electron chi connectivity index (χ2n) is 7.79. The number of anilines is 2. The van der Waals surface area contributed by atoms with E-state index in [1.165, 1.54) is 22.5 Å². The molecule has 1 atom stereocenters.